The van der Waals surface area contributed by atoms with Gasteiger partial charge in [0.2, 0.25) is 10.0 Å². The summed E-state index contributed by atoms with van der Waals surface area (Å²) >= 11 is 3.22. The third-order valence-corrected chi connectivity index (χ3v) is 5.31. The highest BCUT2D eigenvalue weighted by atomic mass is 79.9. The molecule has 7 heteroatoms. The molecule has 1 N–H and O–H groups in total. The third kappa shape index (κ3) is 4.87. The van der Waals surface area contributed by atoms with Gasteiger partial charge in [-0.3, -0.25) is 4.21 Å². The lowest BCUT2D eigenvalue weighted by molar-refractivity contribution is 0.584. The highest BCUT2D eigenvalue weighted by Gasteiger charge is 2.13. The van der Waals surface area contributed by atoms with Gasteiger partial charge in [-0.1, -0.05) is 28.9 Å². The molecule has 0 fully saturated rings. The predicted octanol–water partition coefficient (Wildman–Crippen LogP) is 1.50. The summed E-state index contributed by atoms with van der Waals surface area (Å²) in [5.41, 5.74) is 0. The highest BCUT2D eigenvalue weighted by Crippen LogP contribution is 2.15. The Bertz CT molecular complexity index is 502. The minimum atomic E-state index is -3.50. The summed E-state index contributed by atoms with van der Waals surface area (Å²) in [6, 6.07) is 6.46. The molecular formula is C10H14BrNO3S2. The van der Waals surface area contributed by atoms with Gasteiger partial charge in [0.15, 0.2) is 0 Å². The average Bonchev–Trinajstić information content (AvgIpc) is 2.28. The highest BCUT2D eigenvalue weighted by molar-refractivity contribution is 9.10. The molecule has 0 bridgehead atoms. The van der Waals surface area contributed by atoms with Gasteiger partial charge in [-0.25, -0.2) is 13.1 Å². The van der Waals surface area contributed by atoms with Crippen molar-refractivity contribution in [3.8, 4) is 0 Å². The van der Waals surface area contributed by atoms with Crippen LogP contribution in [-0.4, -0.2) is 30.7 Å². The molecule has 0 spiro atoms. The summed E-state index contributed by atoms with van der Waals surface area (Å²) < 4.78 is 37.9. The van der Waals surface area contributed by atoms with Gasteiger partial charge in [0.1, 0.15) is 0 Å². The lowest BCUT2D eigenvalue weighted by atomic mass is 10.4. The van der Waals surface area contributed by atoms with Crippen LogP contribution < -0.4 is 4.72 Å². The molecule has 1 rings (SSSR count). The first-order valence-corrected chi connectivity index (χ1v) is 8.82. The van der Waals surface area contributed by atoms with Crippen LogP contribution in [0.4, 0.5) is 0 Å². The van der Waals surface area contributed by atoms with Gasteiger partial charge in [0, 0.05) is 33.3 Å². The van der Waals surface area contributed by atoms with E-state index in [9.17, 15) is 12.6 Å². The Labute approximate surface area is 112 Å². The van der Waals surface area contributed by atoms with E-state index in [1.54, 1.807) is 19.1 Å². The first-order chi connectivity index (χ1) is 7.95. The molecule has 0 amide bonds. The molecule has 4 nitrogen and oxygen atoms in total. The fourth-order valence-electron chi connectivity index (χ4n) is 1.15. The second-order valence-electron chi connectivity index (χ2n) is 3.29. The normalized spacial score (nSPS) is 13.5. The molecule has 0 saturated heterocycles. The third-order valence-electron chi connectivity index (χ3n) is 2.05. The Kier molecular flexibility index (Phi) is 5.78. The maximum atomic E-state index is 11.8. The fraction of sp³-hybridized carbons (Fsp3) is 0.400. The van der Waals surface area contributed by atoms with Crippen molar-refractivity contribution >= 4 is 36.8 Å². The number of benzene rings is 1. The summed E-state index contributed by atoms with van der Waals surface area (Å²) in [4.78, 5) is 0.203. The molecule has 0 radical (unpaired) electrons. The van der Waals surface area contributed by atoms with Gasteiger partial charge in [-0.05, 0) is 18.2 Å². The monoisotopic (exact) mass is 339 g/mol. The van der Waals surface area contributed by atoms with Crippen LogP contribution in [0.3, 0.4) is 0 Å². The lowest BCUT2D eigenvalue weighted by Crippen LogP contribution is -2.28. The molecule has 0 heterocycles. The van der Waals surface area contributed by atoms with Crippen molar-refractivity contribution in [3.63, 3.8) is 0 Å². The van der Waals surface area contributed by atoms with Crippen molar-refractivity contribution in [2.75, 3.05) is 18.1 Å². The van der Waals surface area contributed by atoms with Crippen molar-refractivity contribution in [2.24, 2.45) is 0 Å². The SMILES string of the molecule is CCS(=O)CCNS(=O)(=O)c1cccc(Br)c1. The quantitative estimate of drug-likeness (QED) is 0.854. The Balaban J connectivity index is 2.66. The maximum Gasteiger partial charge on any atom is 0.240 e. The van der Waals surface area contributed by atoms with Gasteiger partial charge >= 0.3 is 0 Å². The zero-order chi connectivity index (χ0) is 12.9. The van der Waals surface area contributed by atoms with Crippen LogP contribution in [-0.2, 0) is 20.8 Å². The second kappa shape index (κ2) is 6.63. The van der Waals surface area contributed by atoms with Crippen molar-refractivity contribution in [1.29, 1.82) is 0 Å². The molecule has 1 atom stereocenters. The summed E-state index contributed by atoms with van der Waals surface area (Å²) in [6.45, 7) is 1.99. The summed E-state index contributed by atoms with van der Waals surface area (Å²) in [5, 5.41) is 0. The molecule has 0 aliphatic heterocycles. The van der Waals surface area contributed by atoms with Gasteiger partial charge < -0.3 is 0 Å². The summed E-state index contributed by atoms with van der Waals surface area (Å²) in [6.07, 6.45) is 0. The van der Waals surface area contributed by atoms with Crippen molar-refractivity contribution in [3.05, 3.63) is 28.7 Å². The number of hydrogen-bond acceptors (Lipinski definition) is 3. The van der Waals surface area contributed by atoms with E-state index in [0.29, 0.717) is 16.0 Å². The van der Waals surface area contributed by atoms with Crippen LogP contribution in [0.2, 0.25) is 0 Å². The Morgan fingerprint density at radius 1 is 1.41 bits per heavy atom. The molecule has 1 aromatic rings. The van der Waals surface area contributed by atoms with Gasteiger partial charge in [0.05, 0.1) is 4.90 Å². The molecule has 17 heavy (non-hydrogen) atoms. The topological polar surface area (TPSA) is 63.2 Å². The van der Waals surface area contributed by atoms with Crippen LogP contribution in [0.5, 0.6) is 0 Å². The molecule has 1 unspecified atom stereocenters. The fourth-order valence-corrected chi connectivity index (χ4v) is 3.53. The average molecular weight is 340 g/mol. The van der Waals surface area contributed by atoms with Crippen LogP contribution in [0.15, 0.2) is 33.6 Å². The number of halogens is 1. The van der Waals surface area contributed by atoms with Crippen LogP contribution in [0.1, 0.15) is 6.92 Å². The van der Waals surface area contributed by atoms with E-state index >= 15 is 0 Å². The van der Waals surface area contributed by atoms with E-state index in [2.05, 4.69) is 20.7 Å². The minimum Gasteiger partial charge on any atom is -0.260 e. The number of nitrogens with one attached hydrogen (secondary N) is 1. The molecular weight excluding hydrogens is 326 g/mol. The van der Waals surface area contributed by atoms with Crippen molar-refractivity contribution in [2.45, 2.75) is 11.8 Å². The van der Waals surface area contributed by atoms with E-state index in [-0.39, 0.29) is 11.4 Å². The van der Waals surface area contributed by atoms with Gasteiger partial charge in [0.25, 0.3) is 0 Å². The van der Waals surface area contributed by atoms with Crippen molar-refractivity contribution in [1.82, 2.24) is 4.72 Å². The predicted molar refractivity (Wildman–Crippen MR) is 72.9 cm³/mol. The zero-order valence-corrected chi connectivity index (χ0v) is 12.6. The summed E-state index contributed by atoms with van der Waals surface area (Å²) in [5.74, 6) is 0.877. The first kappa shape index (κ1) is 14.8. The first-order valence-electron chi connectivity index (χ1n) is 5.06. The maximum absolute atomic E-state index is 11.8. The van der Waals surface area contributed by atoms with E-state index in [1.165, 1.54) is 12.1 Å². The zero-order valence-electron chi connectivity index (χ0n) is 9.35. The molecule has 0 saturated carbocycles. The second-order valence-corrected chi connectivity index (χ2v) is 7.84. The number of sulfonamides is 1. The Hall–Kier alpha value is -0.240. The molecule has 1 aromatic carbocycles. The molecule has 0 aliphatic rings. The van der Waals surface area contributed by atoms with E-state index in [0.717, 1.165) is 0 Å². The molecule has 0 aliphatic carbocycles. The van der Waals surface area contributed by atoms with E-state index < -0.39 is 20.8 Å². The Morgan fingerprint density at radius 2 is 2.12 bits per heavy atom. The van der Waals surface area contributed by atoms with Crippen molar-refractivity contribution < 1.29 is 12.6 Å². The standard InChI is InChI=1S/C10H14BrNO3S2/c1-2-16(13)7-6-12-17(14,15)10-5-3-4-9(11)8-10/h3-5,8,12H,2,6-7H2,1H3. The smallest absolute Gasteiger partial charge is 0.240 e. The minimum absolute atomic E-state index is 0.190. The van der Waals surface area contributed by atoms with Crippen LogP contribution >= 0.6 is 15.9 Å². The van der Waals surface area contributed by atoms with Gasteiger partial charge in [-0.2, -0.15) is 0 Å². The van der Waals surface area contributed by atoms with Gasteiger partial charge in [-0.15, -0.1) is 0 Å². The lowest BCUT2D eigenvalue weighted by Gasteiger charge is -2.06. The molecule has 96 valence electrons. The number of hydrogen-bond donors (Lipinski definition) is 1. The van der Waals surface area contributed by atoms with Crippen LogP contribution in [0.25, 0.3) is 0 Å². The summed E-state index contributed by atoms with van der Waals surface area (Å²) in [7, 11) is -4.46. The van der Waals surface area contributed by atoms with Crippen LogP contribution in [0, 0.1) is 0 Å². The largest absolute Gasteiger partial charge is 0.260 e. The van der Waals surface area contributed by atoms with E-state index in [1.807, 2.05) is 0 Å². The van der Waals surface area contributed by atoms with E-state index in [4.69, 9.17) is 0 Å². The number of rotatable bonds is 6. The Morgan fingerprint density at radius 3 is 2.71 bits per heavy atom. The molecule has 0 aromatic heterocycles.